The lowest BCUT2D eigenvalue weighted by atomic mass is 9.96. The second kappa shape index (κ2) is 12.9. The molecule has 8 nitrogen and oxygen atoms in total. The molecule has 0 unspecified atom stereocenters. The normalized spacial score (nSPS) is 13.7. The van der Waals surface area contributed by atoms with Crippen molar-refractivity contribution in [3.8, 4) is 0 Å². The van der Waals surface area contributed by atoms with Crippen LogP contribution in [0.2, 0.25) is 0 Å². The molecule has 4 aromatic carbocycles. The molecule has 0 saturated heterocycles. The molecular formula is C40H41N6O2+. The summed E-state index contributed by atoms with van der Waals surface area (Å²) in [7, 11) is 8.16. The molecule has 2 aliphatic heterocycles. The second-order valence-electron chi connectivity index (χ2n) is 12.8. The van der Waals surface area contributed by atoms with E-state index < -0.39 is 0 Å². The molecule has 1 aromatic heterocycles. The number of carbonyl (C=O) groups is 2. The molecule has 0 aliphatic carbocycles. The van der Waals surface area contributed by atoms with Crippen molar-refractivity contribution in [1.29, 1.82) is 0 Å². The quantitative estimate of drug-likeness (QED) is 0.209. The van der Waals surface area contributed by atoms with Crippen molar-refractivity contribution in [1.82, 2.24) is 0 Å². The summed E-state index contributed by atoms with van der Waals surface area (Å²) >= 11 is 0. The summed E-state index contributed by atoms with van der Waals surface area (Å²) in [5.74, 6) is -0.104. The summed E-state index contributed by atoms with van der Waals surface area (Å²) in [6.07, 6.45) is 4.21. The first-order chi connectivity index (χ1) is 23.3. The largest absolute Gasteiger partial charge is 0.378 e. The molecule has 0 bridgehead atoms. The van der Waals surface area contributed by atoms with Crippen molar-refractivity contribution in [2.45, 2.75) is 6.04 Å². The predicted octanol–water partition coefficient (Wildman–Crippen LogP) is 5.87. The first kappa shape index (κ1) is 31.0. The zero-order chi connectivity index (χ0) is 33.4. The van der Waals surface area contributed by atoms with Gasteiger partial charge in [-0.05, 0) is 72.8 Å². The highest BCUT2D eigenvalue weighted by atomic mass is 16.2. The van der Waals surface area contributed by atoms with E-state index in [0.29, 0.717) is 37.3 Å². The molecule has 3 heterocycles. The summed E-state index contributed by atoms with van der Waals surface area (Å²) in [5, 5.41) is 0. The molecule has 0 N–H and O–H groups in total. The highest BCUT2D eigenvalue weighted by Crippen LogP contribution is 2.44. The van der Waals surface area contributed by atoms with E-state index in [4.69, 9.17) is 0 Å². The van der Waals surface area contributed by atoms with Crippen molar-refractivity contribution in [3.05, 3.63) is 144 Å². The van der Waals surface area contributed by atoms with E-state index in [1.165, 1.54) is 0 Å². The highest BCUT2D eigenvalue weighted by molar-refractivity contribution is 6.13. The third-order valence-electron chi connectivity index (χ3n) is 9.39. The summed E-state index contributed by atoms with van der Waals surface area (Å²) in [6, 6.07) is 35.9. The Kier molecular flexibility index (Phi) is 8.31. The van der Waals surface area contributed by atoms with Gasteiger partial charge in [-0.1, -0.05) is 36.4 Å². The number of hydrogen-bond donors (Lipinski definition) is 0. The van der Waals surface area contributed by atoms with Crippen LogP contribution in [0, 0.1) is 0 Å². The fourth-order valence-corrected chi connectivity index (χ4v) is 6.80. The van der Waals surface area contributed by atoms with Crippen molar-refractivity contribution in [2.24, 2.45) is 0 Å². The number of nitrogens with zero attached hydrogens (tertiary/aromatic N) is 6. The SMILES string of the molecule is CN(C)c1ccc(C(c2ccc(N(C)C)cc2)[n+]2cc3c4c(c2)N(C(=O)c2ccccc2)CCN4CCN3C(=O)c2ccccc2)cc1. The lowest BCUT2D eigenvalue weighted by molar-refractivity contribution is -0.703. The number of benzene rings is 4. The summed E-state index contributed by atoms with van der Waals surface area (Å²) in [6.45, 7) is 2.49. The van der Waals surface area contributed by atoms with E-state index in [1.54, 1.807) is 0 Å². The van der Waals surface area contributed by atoms with Gasteiger partial charge in [0.25, 0.3) is 11.8 Å². The standard InChI is InChI=1S/C40H41N6O2/c1-41(2)33-19-15-29(16-20-33)37(30-17-21-34(22-18-30)42(3)4)44-27-35-38-36(28-44)46(40(48)32-13-9-6-10-14-32)26-24-43(38)23-25-45(35)39(47)31-11-7-5-8-12-31/h5-22,27-28,37H,23-26H2,1-4H3/q+1. The molecule has 8 heteroatoms. The molecule has 48 heavy (non-hydrogen) atoms. The molecule has 7 rings (SSSR count). The number of rotatable bonds is 7. The van der Waals surface area contributed by atoms with E-state index in [-0.39, 0.29) is 17.9 Å². The predicted molar refractivity (Wildman–Crippen MR) is 194 cm³/mol. The molecule has 0 spiro atoms. The molecule has 2 amide bonds. The highest BCUT2D eigenvalue weighted by Gasteiger charge is 2.40. The smallest absolute Gasteiger partial charge is 0.258 e. The Balaban J connectivity index is 1.44. The van der Waals surface area contributed by atoms with Crippen LogP contribution in [0.15, 0.2) is 122 Å². The number of aromatic nitrogens is 1. The lowest BCUT2D eigenvalue weighted by Crippen LogP contribution is -2.53. The first-order valence-electron chi connectivity index (χ1n) is 16.4. The van der Waals surface area contributed by atoms with E-state index in [1.807, 2.05) is 98.7 Å². The van der Waals surface area contributed by atoms with Gasteiger partial charge in [-0.3, -0.25) is 19.4 Å². The zero-order valence-corrected chi connectivity index (χ0v) is 28.0. The van der Waals surface area contributed by atoms with Gasteiger partial charge in [0.15, 0.2) is 12.4 Å². The number of amides is 2. The van der Waals surface area contributed by atoms with Gasteiger partial charge in [-0.2, -0.15) is 4.57 Å². The van der Waals surface area contributed by atoms with Crippen molar-refractivity contribution >= 4 is 40.3 Å². The van der Waals surface area contributed by atoms with Crippen LogP contribution in [0.25, 0.3) is 0 Å². The Bertz CT molecular complexity index is 1790. The molecule has 5 aromatic rings. The van der Waals surface area contributed by atoms with Crippen LogP contribution in [-0.2, 0) is 0 Å². The fourth-order valence-electron chi connectivity index (χ4n) is 6.80. The molecule has 242 valence electrons. The third-order valence-corrected chi connectivity index (χ3v) is 9.39. The maximum absolute atomic E-state index is 14.2. The van der Waals surface area contributed by atoms with Gasteiger partial charge >= 0.3 is 0 Å². The molecular weight excluding hydrogens is 596 g/mol. The van der Waals surface area contributed by atoms with Gasteiger partial charge in [0.05, 0.1) is 5.69 Å². The summed E-state index contributed by atoms with van der Waals surface area (Å²) < 4.78 is 2.19. The number of hydrogen-bond acceptors (Lipinski definition) is 5. The van der Waals surface area contributed by atoms with Crippen molar-refractivity contribution < 1.29 is 14.2 Å². The minimum absolute atomic E-state index is 0.0519. The van der Waals surface area contributed by atoms with E-state index in [0.717, 1.165) is 39.6 Å². The van der Waals surface area contributed by atoms with Gasteiger partial charge in [0, 0.05) is 88.0 Å². The van der Waals surface area contributed by atoms with Crippen molar-refractivity contribution in [3.63, 3.8) is 0 Å². The first-order valence-corrected chi connectivity index (χ1v) is 16.4. The number of anilines is 5. The monoisotopic (exact) mass is 637 g/mol. The maximum Gasteiger partial charge on any atom is 0.258 e. The summed E-state index contributed by atoms with van der Waals surface area (Å²) in [4.78, 5) is 38.6. The Morgan fingerprint density at radius 1 is 0.562 bits per heavy atom. The Hall–Kier alpha value is -5.63. The zero-order valence-electron chi connectivity index (χ0n) is 28.0. The molecule has 0 fully saturated rings. The molecule has 0 saturated carbocycles. The number of pyridine rings is 1. The van der Waals surface area contributed by atoms with E-state index in [9.17, 15) is 9.59 Å². The molecule has 2 aliphatic rings. The third kappa shape index (κ3) is 5.74. The average molecular weight is 638 g/mol. The van der Waals surface area contributed by atoms with Gasteiger partial charge < -0.3 is 14.7 Å². The Morgan fingerprint density at radius 2 is 0.958 bits per heavy atom. The van der Waals surface area contributed by atoms with Crippen LogP contribution in [0.5, 0.6) is 0 Å². The van der Waals surface area contributed by atoms with Gasteiger partial charge in [-0.15, -0.1) is 0 Å². The van der Waals surface area contributed by atoms with Crippen molar-refractivity contribution in [2.75, 3.05) is 78.9 Å². The van der Waals surface area contributed by atoms with Gasteiger partial charge in [-0.25, -0.2) is 0 Å². The lowest BCUT2D eigenvalue weighted by Gasteiger charge is -2.43. The maximum atomic E-state index is 14.2. The van der Waals surface area contributed by atoms with Crippen LogP contribution in [0.4, 0.5) is 28.4 Å². The van der Waals surface area contributed by atoms with Gasteiger partial charge in [0.2, 0.25) is 6.04 Å². The van der Waals surface area contributed by atoms with Crippen LogP contribution < -0.4 is 29.1 Å². The topological polar surface area (TPSA) is 54.2 Å². The second-order valence-corrected chi connectivity index (χ2v) is 12.8. The Labute approximate surface area is 282 Å². The minimum Gasteiger partial charge on any atom is -0.378 e. The summed E-state index contributed by atoms with van der Waals surface area (Å²) in [5.41, 5.74) is 8.22. The fraction of sp³-hybridized carbons (Fsp3) is 0.225. The van der Waals surface area contributed by atoms with Crippen LogP contribution >= 0.6 is 0 Å². The molecule has 0 radical (unpaired) electrons. The van der Waals surface area contributed by atoms with E-state index in [2.05, 4.69) is 80.2 Å². The van der Waals surface area contributed by atoms with Crippen LogP contribution in [-0.4, -0.2) is 66.2 Å². The molecule has 0 atom stereocenters. The van der Waals surface area contributed by atoms with Crippen LogP contribution in [0.1, 0.15) is 37.9 Å². The Morgan fingerprint density at radius 3 is 1.33 bits per heavy atom. The number of carbonyl (C=O) groups excluding carboxylic acids is 2. The average Bonchev–Trinajstić information content (AvgIpc) is 3.12. The van der Waals surface area contributed by atoms with Gasteiger partial charge in [0.1, 0.15) is 11.4 Å². The van der Waals surface area contributed by atoms with Crippen LogP contribution in [0.3, 0.4) is 0 Å². The van der Waals surface area contributed by atoms with E-state index >= 15 is 0 Å². The minimum atomic E-state index is -0.223.